The molecule has 4 N–H and O–H groups in total. The molecule has 0 radical (unpaired) electrons. The molecule has 2 aliphatic rings. The third-order valence-electron chi connectivity index (χ3n) is 2.80. The summed E-state index contributed by atoms with van der Waals surface area (Å²) in [6.45, 7) is 0. The van der Waals surface area contributed by atoms with Gasteiger partial charge in [-0.2, -0.15) is 0 Å². The second-order valence-corrected chi connectivity index (χ2v) is 3.53. The van der Waals surface area contributed by atoms with E-state index in [-0.39, 0.29) is 12.1 Å². The van der Waals surface area contributed by atoms with Crippen molar-refractivity contribution in [1.29, 1.82) is 0 Å². The molecule has 2 aliphatic carbocycles. The fraction of sp³-hybridized carbons (Fsp3) is 0.857. The lowest BCUT2D eigenvalue weighted by molar-refractivity contribution is 0.187. The van der Waals surface area contributed by atoms with Crippen LogP contribution in [0, 0.1) is 11.8 Å². The zero-order chi connectivity index (χ0) is 8.01. The van der Waals surface area contributed by atoms with Crippen LogP contribution in [0.3, 0.4) is 0 Å². The molecule has 0 saturated heterocycles. The predicted octanol–water partition coefficient (Wildman–Crippen LogP) is -0.0103. The lowest BCUT2D eigenvalue weighted by Crippen LogP contribution is -2.45. The summed E-state index contributed by atoms with van der Waals surface area (Å²) >= 11 is 0. The summed E-state index contributed by atoms with van der Waals surface area (Å²) in [5.41, 5.74) is 5.79. The van der Waals surface area contributed by atoms with Crippen molar-refractivity contribution in [2.45, 2.75) is 24.9 Å². The summed E-state index contributed by atoms with van der Waals surface area (Å²) in [6.07, 6.45) is 1.20. The molecule has 4 heteroatoms. The van der Waals surface area contributed by atoms with Crippen LogP contribution >= 0.6 is 0 Å². The van der Waals surface area contributed by atoms with Crippen LogP contribution in [0.25, 0.3) is 0 Å². The number of hydrogen-bond donors (Lipinski definition) is 3. The maximum Gasteiger partial charge on any atom is 0.404 e. The van der Waals surface area contributed by atoms with E-state index < -0.39 is 6.09 Å². The summed E-state index contributed by atoms with van der Waals surface area (Å²) in [7, 11) is 0. The number of hydrogen-bond acceptors (Lipinski definition) is 2. The van der Waals surface area contributed by atoms with E-state index in [2.05, 4.69) is 5.32 Å². The Balaban J connectivity index is 1.91. The Kier molecular flexibility index (Phi) is 1.32. The second-order valence-electron chi connectivity index (χ2n) is 3.53. The summed E-state index contributed by atoms with van der Waals surface area (Å²) in [5.74, 6) is 1.31. The average molecular weight is 156 g/mol. The van der Waals surface area contributed by atoms with Crippen molar-refractivity contribution >= 4 is 6.09 Å². The molecule has 0 aromatic carbocycles. The molecule has 2 saturated carbocycles. The van der Waals surface area contributed by atoms with E-state index in [1.54, 1.807) is 0 Å². The molecular weight excluding hydrogens is 144 g/mol. The van der Waals surface area contributed by atoms with Gasteiger partial charge in [0.1, 0.15) is 0 Å². The van der Waals surface area contributed by atoms with Crippen LogP contribution in [-0.4, -0.2) is 23.3 Å². The Bertz CT molecular complexity index is 195. The van der Waals surface area contributed by atoms with Crippen LogP contribution in [0.2, 0.25) is 0 Å². The van der Waals surface area contributed by atoms with Gasteiger partial charge in [0.25, 0.3) is 0 Å². The van der Waals surface area contributed by atoms with Crippen molar-refractivity contribution in [3.05, 3.63) is 0 Å². The summed E-state index contributed by atoms with van der Waals surface area (Å²) < 4.78 is 0. The van der Waals surface area contributed by atoms with Gasteiger partial charge >= 0.3 is 6.09 Å². The normalized spacial score (nSPS) is 46.6. The molecule has 62 valence electrons. The molecule has 0 bridgehead atoms. The van der Waals surface area contributed by atoms with Crippen LogP contribution in [-0.2, 0) is 0 Å². The van der Waals surface area contributed by atoms with Crippen molar-refractivity contribution in [1.82, 2.24) is 5.32 Å². The molecule has 0 heterocycles. The van der Waals surface area contributed by atoms with Crippen molar-refractivity contribution in [3.8, 4) is 0 Å². The number of rotatable bonds is 1. The first-order chi connectivity index (χ1) is 5.18. The van der Waals surface area contributed by atoms with Crippen molar-refractivity contribution in [2.75, 3.05) is 0 Å². The zero-order valence-corrected chi connectivity index (χ0v) is 6.16. The molecule has 2 rings (SSSR count). The number of nitrogens with one attached hydrogen (secondary N) is 1. The van der Waals surface area contributed by atoms with Gasteiger partial charge in [-0.15, -0.1) is 0 Å². The Morgan fingerprint density at radius 1 is 1.55 bits per heavy atom. The Morgan fingerprint density at radius 3 is 2.73 bits per heavy atom. The minimum atomic E-state index is -0.952. The van der Waals surface area contributed by atoms with Gasteiger partial charge in [0.2, 0.25) is 0 Å². The van der Waals surface area contributed by atoms with E-state index in [4.69, 9.17) is 10.8 Å². The third kappa shape index (κ3) is 1.07. The number of fused-ring (bicyclic) bond motifs is 1. The Hall–Kier alpha value is -0.770. The molecule has 0 unspecified atom stereocenters. The molecule has 4 nitrogen and oxygen atoms in total. The topological polar surface area (TPSA) is 75.3 Å². The molecule has 4 atom stereocenters. The second kappa shape index (κ2) is 2.11. The summed E-state index contributed by atoms with van der Waals surface area (Å²) in [4.78, 5) is 10.3. The Morgan fingerprint density at radius 2 is 2.27 bits per heavy atom. The highest BCUT2D eigenvalue weighted by atomic mass is 16.4. The van der Waals surface area contributed by atoms with Crippen LogP contribution in [0.15, 0.2) is 0 Å². The van der Waals surface area contributed by atoms with Crippen molar-refractivity contribution in [2.24, 2.45) is 17.6 Å². The van der Waals surface area contributed by atoms with Gasteiger partial charge in [0, 0.05) is 12.1 Å². The van der Waals surface area contributed by atoms with Crippen molar-refractivity contribution < 1.29 is 9.90 Å². The van der Waals surface area contributed by atoms with Gasteiger partial charge < -0.3 is 16.2 Å². The van der Waals surface area contributed by atoms with Gasteiger partial charge in [-0.3, -0.25) is 0 Å². The molecule has 0 aromatic rings. The van der Waals surface area contributed by atoms with E-state index in [1.807, 2.05) is 0 Å². The lowest BCUT2D eigenvalue weighted by atomic mass is 10.1. The molecule has 0 aromatic heterocycles. The first kappa shape index (κ1) is 6.91. The predicted molar refractivity (Wildman–Crippen MR) is 39.1 cm³/mol. The third-order valence-corrected chi connectivity index (χ3v) is 2.80. The summed E-state index contributed by atoms with van der Waals surface area (Å²) in [5, 5.41) is 10.9. The van der Waals surface area contributed by atoms with Gasteiger partial charge in [-0.25, -0.2) is 4.79 Å². The minimum Gasteiger partial charge on any atom is -0.465 e. The Labute approximate surface area is 64.8 Å². The lowest BCUT2D eigenvalue weighted by Gasteiger charge is -2.17. The zero-order valence-electron chi connectivity index (χ0n) is 6.16. The smallest absolute Gasteiger partial charge is 0.404 e. The van der Waals surface area contributed by atoms with Crippen LogP contribution in [0.4, 0.5) is 4.79 Å². The standard InChI is InChI=1S/C7H12N2O2/c8-6-4-1-3(4)2-5(6)9-7(10)11/h3-6,9H,1-2,8H2,(H,10,11)/t3-,4+,5+,6+/m1/s1. The fourth-order valence-electron chi connectivity index (χ4n) is 2.11. The molecule has 0 spiro atoms. The number of nitrogens with two attached hydrogens (primary N) is 1. The molecular formula is C7H12N2O2. The maximum absolute atomic E-state index is 10.3. The first-order valence-corrected chi connectivity index (χ1v) is 3.93. The highest BCUT2D eigenvalue weighted by molar-refractivity contribution is 5.65. The van der Waals surface area contributed by atoms with Gasteiger partial charge in [0.05, 0.1) is 0 Å². The van der Waals surface area contributed by atoms with E-state index in [0.29, 0.717) is 11.8 Å². The quantitative estimate of drug-likeness (QED) is 0.499. The van der Waals surface area contributed by atoms with Gasteiger partial charge in [-0.05, 0) is 24.7 Å². The number of carbonyl (C=O) groups is 1. The number of amides is 1. The SMILES string of the molecule is N[C@H]1[C@H]2C[C@@H]2C[C@@H]1NC(=O)O. The molecule has 2 fully saturated rings. The van der Waals surface area contributed by atoms with E-state index in [1.165, 1.54) is 6.42 Å². The molecule has 1 amide bonds. The first-order valence-electron chi connectivity index (χ1n) is 3.93. The van der Waals surface area contributed by atoms with Crippen LogP contribution in [0.5, 0.6) is 0 Å². The molecule has 0 aliphatic heterocycles. The minimum absolute atomic E-state index is 0.0104. The van der Waals surface area contributed by atoms with E-state index >= 15 is 0 Å². The maximum atomic E-state index is 10.3. The van der Waals surface area contributed by atoms with Crippen molar-refractivity contribution in [3.63, 3.8) is 0 Å². The van der Waals surface area contributed by atoms with Crippen LogP contribution < -0.4 is 11.1 Å². The van der Waals surface area contributed by atoms with Gasteiger partial charge in [0.15, 0.2) is 0 Å². The summed E-state index contributed by atoms with van der Waals surface area (Å²) in [6, 6.07) is 0.0762. The highest BCUT2D eigenvalue weighted by Crippen LogP contribution is 2.50. The fourth-order valence-corrected chi connectivity index (χ4v) is 2.11. The van der Waals surface area contributed by atoms with Gasteiger partial charge in [-0.1, -0.05) is 0 Å². The monoisotopic (exact) mass is 156 g/mol. The number of carboxylic acid groups (broad SMARTS) is 1. The molecule has 11 heavy (non-hydrogen) atoms. The average Bonchev–Trinajstić information content (AvgIpc) is 2.58. The van der Waals surface area contributed by atoms with Crippen LogP contribution in [0.1, 0.15) is 12.8 Å². The van der Waals surface area contributed by atoms with E-state index in [0.717, 1.165) is 6.42 Å². The highest BCUT2D eigenvalue weighted by Gasteiger charge is 2.52. The largest absolute Gasteiger partial charge is 0.465 e. The van der Waals surface area contributed by atoms with E-state index in [9.17, 15) is 4.79 Å².